The third kappa shape index (κ3) is 4.25. The van der Waals surface area contributed by atoms with Crippen molar-refractivity contribution in [2.75, 3.05) is 12.4 Å². The number of rotatable bonds is 4. The number of pyridine rings is 1. The predicted molar refractivity (Wildman–Crippen MR) is 118 cm³/mol. The van der Waals surface area contributed by atoms with Gasteiger partial charge in [0.05, 0.1) is 16.0 Å². The smallest absolute Gasteiger partial charge is 0.339 e. The van der Waals surface area contributed by atoms with E-state index in [2.05, 4.69) is 10.3 Å². The zero-order valence-electron chi connectivity index (χ0n) is 16.3. The molecule has 4 rings (SSSR count). The first kappa shape index (κ1) is 22.3. The van der Waals surface area contributed by atoms with Crippen molar-refractivity contribution >= 4 is 50.8 Å². The Morgan fingerprint density at radius 3 is 2.58 bits per heavy atom. The molecule has 3 N–H and O–H groups in total. The van der Waals surface area contributed by atoms with Gasteiger partial charge in [-0.2, -0.15) is 0 Å². The second kappa shape index (κ2) is 9.19. The maximum absolute atomic E-state index is 13.9. The van der Waals surface area contributed by atoms with Gasteiger partial charge in [0.15, 0.2) is 17.9 Å². The van der Waals surface area contributed by atoms with Gasteiger partial charge in [0, 0.05) is 24.2 Å². The summed E-state index contributed by atoms with van der Waals surface area (Å²) in [5.41, 5.74) is 0.484. The normalized spacial score (nSPS) is 10.5. The zero-order chi connectivity index (χ0) is 22.7. The van der Waals surface area contributed by atoms with Gasteiger partial charge in [-0.15, -0.1) is 22.7 Å². The predicted octanol–water partition coefficient (Wildman–Crippen LogP) is 5.56. The lowest BCUT2D eigenvalue weighted by Crippen LogP contribution is -2.02. The lowest BCUT2D eigenvalue weighted by molar-refractivity contribution is 0.0699. The molecule has 0 bridgehead atoms. The Hall–Kier alpha value is -3.37. The highest BCUT2D eigenvalue weighted by Gasteiger charge is 2.23. The summed E-state index contributed by atoms with van der Waals surface area (Å²) < 4.78 is 27.5. The largest absolute Gasteiger partial charge is 0.506 e. The molecule has 4 aromatic rings. The van der Waals surface area contributed by atoms with Crippen molar-refractivity contribution in [1.82, 2.24) is 4.98 Å². The first-order valence-electron chi connectivity index (χ1n) is 8.79. The maximum Gasteiger partial charge on any atom is 0.339 e. The number of fused-ring (bicyclic) bond motifs is 1. The molecule has 0 aliphatic heterocycles. The van der Waals surface area contributed by atoms with Gasteiger partial charge >= 0.3 is 5.97 Å². The number of aromatic nitrogens is 1. The van der Waals surface area contributed by atoms with Crippen molar-refractivity contribution in [2.45, 2.75) is 6.92 Å². The molecule has 0 saturated heterocycles. The minimum absolute atomic E-state index is 0.0352. The lowest BCUT2D eigenvalue weighted by atomic mass is 10.1. The van der Waals surface area contributed by atoms with Gasteiger partial charge in [-0.1, -0.05) is 12.1 Å². The van der Waals surface area contributed by atoms with Gasteiger partial charge in [-0.05, 0) is 24.6 Å². The lowest BCUT2D eigenvalue weighted by Gasteiger charge is -2.06. The monoisotopic (exact) mass is 462 g/mol. The molecule has 0 aliphatic rings. The highest BCUT2D eigenvalue weighted by Crippen LogP contribution is 2.38. The molecule has 0 spiro atoms. The number of nitrogens with one attached hydrogen (secondary N) is 1. The second-order valence-electron chi connectivity index (χ2n) is 6.26. The molecule has 10 heteroatoms. The fourth-order valence-corrected chi connectivity index (χ4v) is 4.71. The van der Waals surface area contributed by atoms with Crippen LogP contribution in [0.25, 0.3) is 20.7 Å². The van der Waals surface area contributed by atoms with Crippen LogP contribution in [0.4, 0.5) is 14.5 Å². The maximum atomic E-state index is 13.9. The number of carboxylic acids is 1. The fourth-order valence-electron chi connectivity index (χ4n) is 2.79. The van der Waals surface area contributed by atoms with Gasteiger partial charge < -0.3 is 15.5 Å². The van der Waals surface area contributed by atoms with Crippen LogP contribution in [0, 0.1) is 18.6 Å². The Morgan fingerprint density at radius 2 is 1.97 bits per heavy atom. The quantitative estimate of drug-likeness (QED) is 0.344. The SMILES string of the molecule is CNc1csc(-c2ccc(C)c(F)c2F)c1C(=O)O.O=Cc1sc2ncccc2c1O. The minimum Gasteiger partial charge on any atom is -0.506 e. The van der Waals surface area contributed by atoms with Crippen molar-refractivity contribution in [3.05, 3.63) is 63.5 Å². The number of aryl methyl sites for hydroxylation is 1. The van der Waals surface area contributed by atoms with E-state index >= 15 is 0 Å². The summed E-state index contributed by atoms with van der Waals surface area (Å²) in [4.78, 5) is 26.9. The molecule has 1 aromatic carbocycles. The van der Waals surface area contributed by atoms with Crippen LogP contribution in [0.3, 0.4) is 0 Å². The van der Waals surface area contributed by atoms with Crippen molar-refractivity contribution in [2.24, 2.45) is 0 Å². The van der Waals surface area contributed by atoms with Gasteiger partial charge in [-0.3, -0.25) is 4.79 Å². The number of nitrogens with zero attached hydrogens (tertiary/aromatic N) is 1. The molecule has 160 valence electrons. The zero-order valence-corrected chi connectivity index (χ0v) is 17.9. The van der Waals surface area contributed by atoms with Crippen LogP contribution in [-0.2, 0) is 0 Å². The number of hydrogen-bond acceptors (Lipinski definition) is 7. The average molecular weight is 462 g/mol. The average Bonchev–Trinajstić information content (AvgIpc) is 3.34. The summed E-state index contributed by atoms with van der Waals surface area (Å²) in [6, 6.07) is 6.29. The molecule has 31 heavy (non-hydrogen) atoms. The van der Waals surface area contributed by atoms with E-state index in [0.29, 0.717) is 27.1 Å². The van der Waals surface area contributed by atoms with Gasteiger partial charge in [0.1, 0.15) is 21.0 Å². The fraction of sp³-hybridized carbons (Fsp3) is 0.0952. The molecular weight excluding hydrogens is 446 g/mol. The number of aromatic hydroxyl groups is 1. The number of carbonyl (C=O) groups is 2. The van der Waals surface area contributed by atoms with Crippen LogP contribution < -0.4 is 5.32 Å². The van der Waals surface area contributed by atoms with E-state index < -0.39 is 17.6 Å². The molecule has 6 nitrogen and oxygen atoms in total. The molecule has 0 radical (unpaired) electrons. The Kier molecular flexibility index (Phi) is 6.62. The van der Waals surface area contributed by atoms with Gasteiger partial charge in [-0.25, -0.2) is 18.6 Å². The molecule has 0 atom stereocenters. The van der Waals surface area contributed by atoms with E-state index in [-0.39, 0.29) is 27.3 Å². The van der Waals surface area contributed by atoms with Crippen LogP contribution in [0.15, 0.2) is 35.8 Å². The van der Waals surface area contributed by atoms with E-state index in [1.807, 2.05) is 0 Å². The topological polar surface area (TPSA) is 99.5 Å². The summed E-state index contributed by atoms with van der Waals surface area (Å²) in [6.45, 7) is 1.45. The highest BCUT2D eigenvalue weighted by molar-refractivity contribution is 7.20. The van der Waals surface area contributed by atoms with Gasteiger partial charge in [0.2, 0.25) is 0 Å². The number of carboxylic acid groups (broad SMARTS) is 1. The molecule has 0 aliphatic carbocycles. The molecule has 0 amide bonds. The van der Waals surface area contributed by atoms with Crippen LogP contribution in [0.5, 0.6) is 5.75 Å². The number of aldehydes is 1. The van der Waals surface area contributed by atoms with E-state index in [9.17, 15) is 28.6 Å². The van der Waals surface area contributed by atoms with Crippen molar-refractivity contribution in [1.29, 1.82) is 0 Å². The van der Waals surface area contributed by atoms with Crippen LogP contribution in [0.1, 0.15) is 25.6 Å². The molecule has 3 aromatic heterocycles. The molecule has 0 fully saturated rings. The summed E-state index contributed by atoms with van der Waals surface area (Å²) in [7, 11) is 1.57. The number of thiophene rings is 2. The number of aromatic carboxylic acids is 1. The summed E-state index contributed by atoms with van der Waals surface area (Å²) in [5.74, 6) is -3.11. The number of benzene rings is 1. The molecule has 3 heterocycles. The number of anilines is 1. The Labute approximate surface area is 183 Å². The highest BCUT2D eigenvalue weighted by atomic mass is 32.1. The van der Waals surface area contributed by atoms with E-state index in [0.717, 1.165) is 11.3 Å². The standard InChI is InChI=1S/C13H11F2NO2S.C8H5NO2S/c1-6-3-4-7(11(15)10(6)14)12-9(13(17)18)8(16-2)5-19-12;10-4-6-7(11)5-2-1-3-9-8(5)12-6/h3-5,16H,1-2H3,(H,17,18);1-4,11H. The van der Waals surface area contributed by atoms with E-state index in [4.69, 9.17) is 0 Å². The van der Waals surface area contributed by atoms with E-state index in [1.54, 1.807) is 30.8 Å². The molecule has 0 saturated carbocycles. The summed E-state index contributed by atoms with van der Waals surface area (Å²) in [6.07, 6.45) is 2.27. The first-order chi connectivity index (χ1) is 14.8. The number of hydrogen-bond donors (Lipinski definition) is 3. The third-order valence-electron chi connectivity index (χ3n) is 4.37. The van der Waals surface area contributed by atoms with Crippen LogP contribution in [0.2, 0.25) is 0 Å². The summed E-state index contributed by atoms with van der Waals surface area (Å²) in [5, 5.41) is 23.6. The van der Waals surface area contributed by atoms with Gasteiger partial charge in [0.25, 0.3) is 0 Å². The summed E-state index contributed by atoms with van der Waals surface area (Å²) >= 11 is 2.26. The van der Waals surface area contributed by atoms with Crippen molar-refractivity contribution in [3.8, 4) is 16.2 Å². The molecule has 0 unspecified atom stereocenters. The first-order valence-corrected chi connectivity index (χ1v) is 10.5. The Bertz CT molecular complexity index is 1280. The number of halogens is 2. The molecular formula is C21H16F2N2O4S2. The van der Waals surface area contributed by atoms with Crippen LogP contribution >= 0.6 is 22.7 Å². The van der Waals surface area contributed by atoms with Crippen LogP contribution in [-0.4, -0.2) is 34.5 Å². The van der Waals surface area contributed by atoms with E-state index in [1.165, 1.54) is 30.4 Å². The number of carbonyl (C=O) groups excluding carboxylic acids is 1. The van der Waals surface area contributed by atoms with Crippen molar-refractivity contribution < 1.29 is 28.6 Å². The Balaban J connectivity index is 0.000000194. The Morgan fingerprint density at radius 1 is 1.23 bits per heavy atom. The third-order valence-corrected chi connectivity index (χ3v) is 6.41. The minimum atomic E-state index is -1.18. The van der Waals surface area contributed by atoms with Crippen molar-refractivity contribution in [3.63, 3.8) is 0 Å². The second-order valence-corrected chi connectivity index (χ2v) is 8.17.